The summed E-state index contributed by atoms with van der Waals surface area (Å²) in [5.41, 5.74) is 0.435. The van der Waals surface area contributed by atoms with Gasteiger partial charge < -0.3 is 14.4 Å². The summed E-state index contributed by atoms with van der Waals surface area (Å²) in [6, 6.07) is 0.625. The van der Waals surface area contributed by atoms with Crippen molar-refractivity contribution < 1.29 is 19.2 Å². The molecule has 2 rings (SSSR count). The first-order valence-corrected chi connectivity index (χ1v) is 3.59. The number of hydrogen-bond acceptors (Lipinski definition) is 5. The molecule has 0 saturated heterocycles. The van der Waals surface area contributed by atoms with E-state index >= 15 is 0 Å². The predicted octanol–water partition coefficient (Wildman–Crippen LogP) is 0.227. The van der Waals surface area contributed by atoms with Crippen LogP contribution in [0.5, 0.6) is 0 Å². The molecule has 0 fully saturated rings. The van der Waals surface area contributed by atoms with Gasteiger partial charge in [0.05, 0.1) is 0 Å². The highest BCUT2D eigenvalue weighted by Crippen LogP contribution is 2.25. The number of carbonyl (C=O) groups is 1. The summed E-state index contributed by atoms with van der Waals surface area (Å²) in [5, 5.41) is 12.3. The van der Waals surface area contributed by atoms with E-state index in [0.29, 0.717) is 5.69 Å². The molecule has 0 saturated carbocycles. The Morgan fingerprint density at radius 2 is 2.46 bits per heavy atom. The van der Waals surface area contributed by atoms with Crippen LogP contribution in [0.2, 0.25) is 0 Å². The van der Waals surface area contributed by atoms with Crippen LogP contribution in [0, 0.1) is 0 Å². The summed E-state index contributed by atoms with van der Waals surface area (Å²) in [4.78, 5) is 14.3. The minimum absolute atomic E-state index is 0.435. The van der Waals surface area contributed by atoms with E-state index in [0.717, 1.165) is 6.40 Å². The SMILES string of the molecule is O=C(O)C1N=COC1c1ccon1. The van der Waals surface area contributed by atoms with Gasteiger partial charge in [-0.3, -0.25) is 0 Å². The van der Waals surface area contributed by atoms with Gasteiger partial charge in [0.1, 0.15) is 12.0 Å². The first-order chi connectivity index (χ1) is 6.29. The number of carboxylic acids is 1. The molecule has 1 aromatic rings. The third-order valence-corrected chi connectivity index (χ3v) is 1.72. The van der Waals surface area contributed by atoms with Crippen molar-refractivity contribution >= 4 is 12.4 Å². The Balaban J connectivity index is 2.22. The van der Waals surface area contributed by atoms with E-state index in [1.807, 2.05) is 0 Å². The van der Waals surface area contributed by atoms with Crippen LogP contribution in [-0.4, -0.2) is 28.7 Å². The molecule has 1 N–H and O–H groups in total. The maximum absolute atomic E-state index is 10.7. The second-order valence-corrected chi connectivity index (χ2v) is 2.52. The van der Waals surface area contributed by atoms with Gasteiger partial charge in [-0.25, -0.2) is 9.79 Å². The molecule has 68 valence electrons. The second-order valence-electron chi connectivity index (χ2n) is 2.52. The maximum atomic E-state index is 10.7. The number of nitrogens with zero attached hydrogens (tertiary/aromatic N) is 2. The van der Waals surface area contributed by atoms with Crippen LogP contribution in [0.15, 0.2) is 21.8 Å². The second kappa shape index (κ2) is 2.89. The van der Waals surface area contributed by atoms with Gasteiger partial charge in [-0.2, -0.15) is 0 Å². The lowest BCUT2D eigenvalue weighted by Crippen LogP contribution is -2.23. The summed E-state index contributed by atoms with van der Waals surface area (Å²) in [6.45, 7) is 0. The minimum atomic E-state index is -1.04. The zero-order valence-corrected chi connectivity index (χ0v) is 6.45. The molecule has 0 bridgehead atoms. The van der Waals surface area contributed by atoms with E-state index in [2.05, 4.69) is 14.7 Å². The molecule has 0 aliphatic carbocycles. The van der Waals surface area contributed by atoms with Crippen molar-refractivity contribution in [1.82, 2.24) is 5.16 Å². The molecular weight excluding hydrogens is 176 g/mol. The topological polar surface area (TPSA) is 84.9 Å². The minimum Gasteiger partial charge on any atom is -0.480 e. The molecule has 6 heteroatoms. The van der Waals surface area contributed by atoms with Gasteiger partial charge >= 0.3 is 5.97 Å². The van der Waals surface area contributed by atoms with Gasteiger partial charge in [0.25, 0.3) is 0 Å². The van der Waals surface area contributed by atoms with Crippen molar-refractivity contribution in [2.45, 2.75) is 12.1 Å². The van der Waals surface area contributed by atoms with Crippen molar-refractivity contribution in [2.75, 3.05) is 0 Å². The lowest BCUT2D eigenvalue weighted by molar-refractivity contribution is -0.140. The number of aromatic nitrogens is 1. The number of carboxylic acid groups (broad SMARTS) is 1. The zero-order valence-electron chi connectivity index (χ0n) is 6.45. The highest BCUT2D eigenvalue weighted by Gasteiger charge is 2.35. The first-order valence-electron chi connectivity index (χ1n) is 3.59. The molecule has 0 radical (unpaired) electrons. The van der Waals surface area contributed by atoms with E-state index in [1.165, 1.54) is 6.26 Å². The third-order valence-electron chi connectivity index (χ3n) is 1.72. The Labute approximate surface area is 72.8 Å². The molecule has 0 spiro atoms. The number of rotatable bonds is 2. The van der Waals surface area contributed by atoms with E-state index in [1.54, 1.807) is 6.07 Å². The van der Waals surface area contributed by atoms with Crippen molar-refractivity contribution in [2.24, 2.45) is 4.99 Å². The van der Waals surface area contributed by atoms with Crippen LogP contribution < -0.4 is 0 Å². The predicted molar refractivity (Wildman–Crippen MR) is 40.2 cm³/mol. The molecular formula is C7H6N2O4. The molecule has 1 aromatic heterocycles. The molecule has 2 atom stereocenters. The normalized spacial score (nSPS) is 25.8. The summed E-state index contributed by atoms with van der Waals surface area (Å²) in [7, 11) is 0. The fourth-order valence-electron chi connectivity index (χ4n) is 1.11. The Morgan fingerprint density at radius 3 is 3.08 bits per heavy atom. The average Bonchev–Trinajstić information content (AvgIpc) is 2.74. The molecule has 0 aromatic carbocycles. The van der Waals surface area contributed by atoms with Crippen LogP contribution in [-0.2, 0) is 9.53 Å². The Hall–Kier alpha value is -1.85. The van der Waals surface area contributed by atoms with Crippen LogP contribution in [0.3, 0.4) is 0 Å². The van der Waals surface area contributed by atoms with E-state index in [-0.39, 0.29) is 0 Å². The van der Waals surface area contributed by atoms with Gasteiger partial charge in [0, 0.05) is 6.07 Å². The molecule has 1 aliphatic heterocycles. The average molecular weight is 182 g/mol. The fourth-order valence-corrected chi connectivity index (χ4v) is 1.11. The fraction of sp³-hybridized carbons (Fsp3) is 0.286. The van der Waals surface area contributed by atoms with Crippen molar-refractivity contribution in [3.05, 3.63) is 18.0 Å². The van der Waals surface area contributed by atoms with E-state index < -0.39 is 18.1 Å². The van der Waals surface area contributed by atoms with E-state index in [9.17, 15) is 4.79 Å². The molecule has 2 unspecified atom stereocenters. The van der Waals surface area contributed by atoms with Crippen molar-refractivity contribution in [3.8, 4) is 0 Å². The third kappa shape index (κ3) is 1.26. The lowest BCUT2D eigenvalue weighted by atomic mass is 10.1. The number of aliphatic imine (C=N–C) groups is 1. The van der Waals surface area contributed by atoms with Crippen LogP contribution >= 0.6 is 0 Å². The van der Waals surface area contributed by atoms with Crippen LogP contribution in [0.4, 0.5) is 0 Å². The van der Waals surface area contributed by atoms with Gasteiger partial charge in [-0.05, 0) is 0 Å². The summed E-state index contributed by atoms with van der Waals surface area (Å²) in [5.74, 6) is -1.04. The highest BCUT2D eigenvalue weighted by atomic mass is 16.5. The largest absolute Gasteiger partial charge is 0.480 e. The molecule has 1 aliphatic rings. The standard InChI is InChI=1S/C7H6N2O4/c10-7(11)5-6(12-3-8-5)4-1-2-13-9-4/h1-3,5-6H,(H,10,11). The van der Waals surface area contributed by atoms with Gasteiger partial charge in [0.15, 0.2) is 18.5 Å². The molecule has 0 amide bonds. The number of aliphatic carboxylic acids is 1. The van der Waals surface area contributed by atoms with Crippen molar-refractivity contribution in [1.29, 1.82) is 0 Å². The summed E-state index contributed by atoms with van der Waals surface area (Å²) >= 11 is 0. The molecule has 6 nitrogen and oxygen atoms in total. The summed E-state index contributed by atoms with van der Waals surface area (Å²) in [6.07, 6.45) is 1.81. The van der Waals surface area contributed by atoms with Gasteiger partial charge in [0.2, 0.25) is 0 Å². The monoisotopic (exact) mass is 182 g/mol. The molecule has 2 heterocycles. The molecule has 13 heavy (non-hydrogen) atoms. The first kappa shape index (κ1) is 7.78. The Bertz CT molecular complexity index is 332. The smallest absolute Gasteiger partial charge is 0.332 e. The number of ether oxygens (including phenoxy) is 1. The van der Waals surface area contributed by atoms with Gasteiger partial charge in [-0.15, -0.1) is 0 Å². The quantitative estimate of drug-likeness (QED) is 0.707. The van der Waals surface area contributed by atoms with Crippen molar-refractivity contribution in [3.63, 3.8) is 0 Å². The lowest BCUT2D eigenvalue weighted by Gasteiger charge is -2.09. The van der Waals surface area contributed by atoms with Crippen LogP contribution in [0.1, 0.15) is 11.8 Å². The Morgan fingerprint density at radius 1 is 1.62 bits per heavy atom. The number of hydrogen-bond donors (Lipinski definition) is 1. The summed E-state index contributed by atoms with van der Waals surface area (Å²) < 4.78 is 9.55. The van der Waals surface area contributed by atoms with Crippen LogP contribution in [0.25, 0.3) is 0 Å². The Kier molecular flexibility index (Phi) is 1.73. The zero-order chi connectivity index (χ0) is 9.26. The highest BCUT2D eigenvalue weighted by molar-refractivity contribution is 5.78. The van der Waals surface area contributed by atoms with E-state index in [4.69, 9.17) is 9.84 Å². The maximum Gasteiger partial charge on any atom is 0.332 e. The van der Waals surface area contributed by atoms with Gasteiger partial charge in [-0.1, -0.05) is 5.16 Å².